The van der Waals surface area contributed by atoms with Crippen LogP contribution < -0.4 is 10.1 Å². The first-order chi connectivity index (χ1) is 8.61. The molecule has 96 valence electrons. The van der Waals surface area contributed by atoms with Crippen LogP contribution in [0.3, 0.4) is 0 Å². The number of nitrogens with one attached hydrogen (secondary N) is 1. The number of nitrogens with zero attached hydrogens (tertiary/aromatic N) is 3. The number of aromatic nitrogens is 3. The van der Waals surface area contributed by atoms with Crippen molar-refractivity contribution >= 4 is 28.9 Å². The SMILES string of the molecule is COc1cc(Cl)c(Cl)cc1NCc1ncnn1C. The first kappa shape index (κ1) is 13.0. The van der Waals surface area contributed by atoms with Gasteiger partial charge in [-0.15, -0.1) is 0 Å². The van der Waals surface area contributed by atoms with Crippen LogP contribution in [0.2, 0.25) is 10.0 Å². The van der Waals surface area contributed by atoms with E-state index in [0.29, 0.717) is 22.3 Å². The van der Waals surface area contributed by atoms with Crippen LogP contribution >= 0.6 is 23.2 Å². The zero-order valence-corrected chi connectivity index (χ0v) is 11.5. The van der Waals surface area contributed by atoms with Gasteiger partial charge in [0, 0.05) is 13.1 Å². The van der Waals surface area contributed by atoms with Crippen molar-refractivity contribution in [2.75, 3.05) is 12.4 Å². The maximum absolute atomic E-state index is 5.97. The molecule has 5 nitrogen and oxygen atoms in total. The molecule has 2 rings (SSSR count). The summed E-state index contributed by atoms with van der Waals surface area (Å²) in [6.07, 6.45) is 1.50. The number of ether oxygens (including phenoxy) is 1. The molecule has 0 unspecified atom stereocenters. The van der Waals surface area contributed by atoms with Crippen molar-refractivity contribution < 1.29 is 4.74 Å². The molecular formula is C11H12Cl2N4O. The number of methoxy groups -OCH3 is 1. The van der Waals surface area contributed by atoms with Crippen LogP contribution in [0.4, 0.5) is 5.69 Å². The molecule has 7 heteroatoms. The summed E-state index contributed by atoms with van der Waals surface area (Å²) in [4.78, 5) is 4.12. The minimum absolute atomic E-state index is 0.456. The Balaban J connectivity index is 2.18. The Labute approximate surface area is 115 Å². The number of benzene rings is 1. The lowest BCUT2D eigenvalue weighted by atomic mass is 10.3. The molecule has 1 heterocycles. The van der Waals surface area contributed by atoms with Gasteiger partial charge >= 0.3 is 0 Å². The summed E-state index contributed by atoms with van der Waals surface area (Å²) < 4.78 is 6.92. The highest BCUT2D eigenvalue weighted by atomic mass is 35.5. The zero-order chi connectivity index (χ0) is 13.1. The number of anilines is 1. The predicted octanol–water partition coefficient (Wildman–Crippen LogP) is 2.74. The first-order valence-electron chi connectivity index (χ1n) is 5.21. The summed E-state index contributed by atoms with van der Waals surface area (Å²) in [5.74, 6) is 1.44. The Morgan fingerprint density at radius 1 is 1.33 bits per heavy atom. The average Bonchev–Trinajstić information content (AvgIpc) is 2.76. The van der Waals surface area contributed by atoms with E-state index in [1.807, 2.05) is 7.05 Å². The Kier molecular flexibility index (Phi) is 3.93. The van der Waals surface area contributed by atoms with Gasteiger partial charge in [0.05, 0.1) is 29.4 Å². The van der Waals surface area contributed by atoms with E-state index in [0.717, 1.165) is 11.5 Å². The van der Waals surface area contributed by atoms with E-state index in [4.69, 9.17) is 27.9 Å². The van der Waals surface area contributed by atoms with E-state index in [2.05, 4.69) is 15.4 Å². The predicted molar refractivity (Wildman–Crippen MR) is 71.3 cm³/mol. The van der Waals surface area contributed by atoms with Gasteiger partial charge in [0.25, 0.3) is 0 Å². The highest BCUT2D eigenvalue weighted by Crippen LogP contribution is 2.34. The molecule has 0 aliphatic rings. The summed E-state index contributed by atoms with van der Waals surface area (Å²) in [6.45, 7) is 0.519. The van der Waals surface area contributed by atoms with Gasteiger partial charge in [-0.25, -0.2) is 4.98 Å². The van der Waals surface area contributed by atoms with Gasteiger partial charge in [-0.3, -0.25) is 4.68 Å². The normalized spacial score (nSPS) is 10.4. The lowest BCUT2D eigenvalue weighted by Gasteiger charge is -2.12. The second kappa shape index (κ2) is 5.46. The molecule has 0 amide bonds. The van der Waals surface area contributed by atoms with Crippen molar-refractivity contribution in [2.45, 2.75) is 6.54 Å². The highest BCUT2D eigenvalue weighted by molar-refractivity contribution is 6.42. The molecule has 0 aliphatic heterocycles. The molecule has 0 bridgehead atoms. The van der Waals surface area contributed by atoms with Gasteiger partial charge in [0.2, 0.25) is 0 Å². The van der Waals surface area contributed by atoms with E-state index >= 15 is 0 Å². The third-order valence-electron chi connectivity index (χ3n) is 2.48. The number of aryl methyl sites for hydroxylation is 1. The second-order valence-electron chi connectivity index (χ2n) is 3.62. The van der Waals surface area contributed by atoms with Crippen molar-refractivity contribution in [3.63, 3.8) is 0 Å². The number of hydrogen-bond acceptors (Lipinski definition) is 4. The van der Waals surface area contributed by atoms with Gasteiger partial charge < -0.3 is 10.1 Å². The van der Waals surface area contributed by atoms with Gasteiger partial charge in [-0.2, -0.15) is 5.10 Å². The fourth-order valence-electron chi connectivity index (χ4n) is 1.49. The number of hydrogen-bond donors (Lipinski definition) is 1. The smallest absolute Gasteiger partial charge is 0.145 e. The maximum atomic E-state index is 5.97. The summed E-state index contributed by atoms with van der Waals surface area (Å²) in [7, 11) is 3.41. The quantitative estimate of drug-likeness (QED) is 0.939. The van der Waals surface area contributed by atoms with Crippen LogP contribution in [0.1, 0.15) is 5.82 Å². The van der Waals surface area contributed by atoms with E-state index in [9.17, 15) is 0 Å². The fourth-order valence-corrected chi connectivity index (χ4v) is 1.81. The van der Waals surface area contributed by atoms with Crippen LogP contribution in [0.5, 0.6) is 5.75 Å². The topological polar surface area (TPSA) is 52.0 Å². The van der Waals surface area contributed by atoms with Crippen molar-refractivity contribution in [2.24, 2.45) is 7.05 Å². The van der Waals surface area contributed by atoms with Crippen molar-refractivity contribution in [1.29, 1.82) is 0 Å². The molecule has 0 aliphatic carbocycles. The maximum Gasteiger partial charge on any atom is 0.145 e. The van der Waals surface area contributed by atoms with E-state index in [-0.39, 0.29) is 0 Å². The minimum Gasteiger partial charge on any atom is -0.495 e. The molecule has 1 aromatic heterocycles. The van der Waals surface area contributed by atoms with Gasteiger partial charge in [0.1, 0.15) is 17.9 Å². The van der Waals surface area contributed by atoms with Crippen molar-refractivity contribution in [3.8, 4) is 5.75 Å². The van der Waals surface area contributed by atoms with E-state index in [1.165, 1.54) is 6.33 Å². The van der Waals surface area contributed by atoms with Crippen LogP contribution in [0.25, 0.3) is 0 Å². The van der Waals surface area contributed by atoms with E-state index in [1.54, 1.807) is 23.9 Å². The summed E-state index contributed by atoms with van der Waals surface area (Å²) in [6, 6.07) is 3.39. The Morgan fingerprint density at radius 3 is 2.67 bits per heavy atom. The third kappa shape index (κ3) is 2.68. The lowest BCUT2D eigenvalue weighted by Crippen LogP contribution is -2.07. The number of rotatable bonds is 4. The van der Waals surface area contributed by atoms with Crippen molar-refractivity contribution in [3.05, 3.63) is 34.3 Å². The van der Waals surface area contributed by atoms with Gasteiger partial charge in [-0.1, -0.05) is 23.2 Å². The Hall–Kier alpha value is -1.46. The van der Waals surface area contributed by atoms with Gasteiger partial charge in [0.15, 0.2) is 0 Å². The molecule has 0 fully saturated rings. The molecule has 1 aromatic carbocycles. The summed E-state index contributed by atoms with van der Waals surface area (Å²) >= 11 is 11.9. The van der Waals surface area contributed by atoms with Gasteiger partial charge in [-0.05, 0) is 6.07 Å². The van der Waals surface area contributed by atoms with Crippen LogP contribution in [0, 0.1) is 0 Å². The average molecular weight is 287 g/mol. The minimum atomic E-state index is 0.456. The standard InChI is InChI=1S/C11H12Cl2N4O/c1-17-11(15-6-16-17)5-14-9-3-7(12)8(13)4-10(9)18-2/h3-4,6,14H,5H2,1-2H3. The van der Waals surface area contributed by atoms with Crippen LogP contribution in [0.15, 0.2) is 18.5 Å². The molecule has 0 radical (unpaired) electrons. The number of halogens is 2. The largest absolute Gasteiger partial charge is 0.495 e. The molecule has 2 aromatic rings. The van der Waals surface area contributed by atoms with Crippen molar-refractivity contribution in [1.82, 2.24) is 14.8 Å². The first-order valence-corrected chi connectivity index (χ1v) is 5.97. The molecule has 18 heavy (non-hydrogen) atoms. The highest BCUT2D eigenvalue weighted by Gasteiger charge is 2.09. The molecular weight excluding hydrogens is 275 g/mol. The third-order valence-corrected chi connectivity index (χ3v) is 3.21. The second-order valence-corrected chi connectivity index (χ2v) is 4.43. The molecule has 0 atom stereocenters. The Morgan fingerprint density at radius 2 is 2.06 bits per heavy atom. The fraction of sp³-hybridized carbons (Fsp3) is 0.273. The summed E-state index contributed by atoms with van der Waals surface area (Å²) in [5, 5.41) is 8.10. The van der Waals surface area contributed by atoms with Crippen LogP contribution in [-0.2, 0) is 13.6 Å². The van der Waals surface area contributed by atoms with E-state index < -0.39 is 0 Å². The summed E-state index contributed by atoms with van der Waals surface area (Å²) in [5.41, 5.74) is 0.759. The zero-order valence-electron chi connectivity index (χ0n) is 9.94. The Bertz CT molecular complexity index is 556. The molecule has 0 saturated heterocycles. The molecule has 0 saturated carbocycles. The molecule has 1 N–H and O–H groups in total. The van der Waals surface area contributed by atoms with Crippen LogP contribution in [-0.4, -0.2) is 21.9 Å². The molecule has 0 spiro atoms. The monoisotopic (exact) mass is 286 g/mol. The lowest BCUT2D eigenvalue weighted by molar-refractivity contribution is 0.416.